The van der Waals surface area contributed by atoms with Gasteiger partial charge in [0.15, 0.2) is 0 Å². The monoisotopic (exact) mass is 291 g/mol. The molecule has 0 aliphatic carbocycles. The van der Waals surface area contributed by atoms with Crippen molar-refractivity contribution in [3.8, 4) is 0 Å². The molecule has 1 atom stereocenters. The standard InChI is InChI=1S/C12H12F3NO2S/c1-7(5-16)8-6-19(17,18)10-4-2-3-9(11(8)10)12(13,14)15/h2-4,6-7H,5,16H2,1H3. The Morgan fingerprint density at radius 3 is 2.47 bits per heavy atom. The molecular formula is C12H12F3NO2S. The van der Waals surface area contributed by atoms with E-state index >= 15 is 0 Å². The summed E-state index contributed by atoms with van der Waals surface area (Å²) in [6.07, 6.45) is -4.60. The predicted octanol–water partition coefficient (Wildman–Crippen LogP) is 2.43. The molecule has 2 rings (SSSR count). The van der Waals surface area contributed by atoms with E-state index < -0.39 is 27.5 Å². The van der Waals surface area contributed by atoms with E-state index in [4.69, 9.17) is 5.73 Å². The molecule has 7 heteroatoms. The van der Waals surface area contributed by atoms with Gasteiger partial charge in [-0.2, -0.15) is 13.2 Å². The molecule has 1 aliphatic heterocycles. The summed E-state index contributed by atoms with van der Waals surface area (Å²) in [6, 6.07) is 3.17. The number of hydrogen-bond acceptors (Lipinski definition) is 3. The van der Waals surface area contributed by atoms with Crippen LogP contribution in [-0.2, 0) is 16.0 Å². The summed E-state index contributed by atoms with van der Waals surface area (Å²) in [4.78, 5) is -0.294. The maximum Gasteiger partial charge on any atom is 0.417 e. The van der Waals surface area contributed by atoms with Crippen molar-refractivity contribution in [3.05, 3.63) is 34.7 Å². The topological polar surface area (TPSA) is 60.2 Å². The van der Waals surface area contributed by atoms with Crippen molar-refractivity contribution in [1.29, 1.82) is 0 Å². The first kappa shape index (κ1) is 14.1. The van der Waals surface area contributed by atoms with Crippen molar-refractivity contribution >= 4 is 15.4 Å². The van der Waals surface area contributed by atoms with Gasteiger partial charge in [0.05, 0.1) is 10.5 Å². The minimum atomic E-state index is -4.60. The van der Waals surface area contributed by atoms with E-state index in [1.165, 1.54) is 6.07 Å². The highest BCUT2D eigenvalue weighted by molar-refractivity contribution is 7.95. The zero-order valence-electron chi connectivity index (χ0n) is 10.0. The maximum atomic E-state index is 13.0. The van der Waals surface area contributed by atoms with Gasteiger partial charge in [0, 0.05) is 11.0 Å². The maximum absolute atomic E-state index is 13.0. The lowest BCUT2D eigenvalue weighted by molar-refractivity contribution is -0.137. The Morgan fingerprint density at radius 2 is 1.95 bits per heavy atom. The summed E-state index contributed by atoms with van der Waals surface area (Å²) in [7, 11) is -3.81. The molecule has 0 fully saturated rings. The minimum Gasteiger partial charge on any atom is -0.330 e. The van der Waals surface area contributed by atoms with Crippen LogP contribution in [0.2, 0.25) is 0 Å². The summed E-state index contributed by atoms with van der Waals surface area (Å²) in [5, 5.41) is 0.893. The Balaban J connectivity index is 2.78. The van der Waals surface area contributed by atoms with Crippen molar-refractivity contribution in [2.45, 2.75) is 18.0 Å². The molecule has 0 saturated carbocycles. The lowest BCUT2D eigenvalue weighted by Gasteiger charge is -2.17. The van der Waals surface area contributed by atoms with Gasteiger partial charge in [0.1, 0.15) is 0 Å². The van der Waals surface area contributed by atoms with Crippen LogP contribution in [0.1, 0.15) is 18.1 Å². The van der Waals surface area contributed by atoms with E-state index in [0.717, 1.165) is 17.5 Å². The van der Waals surface area contributed by atoms with Crippen molar-refractivity contribution in [1.82, 2.24) is 0 Å². The highest BCUT2D eigenvalue weighted by atomic mass is 32.2. The van der Waals surface area contributed by atoms with Crippen LogP contribution in [0.25, 0.3) is 5.57 Å². The molecular weight excluding hydrogens is 279 g/mol. The number of rotatable bonds is 2. The number of fused-ring (bicyclic) bond motifs is 1. The van der Waals surface area contributed by atoms with Crippen molar-refractivity contribution in [2.75, 3.05) is 6.54 Å². The van der Waals surface area contributed by atoms with Crippen LogP contribution >= 0.6 is 0 Å². The predicted molar refractivity (Wildman–Crippen MR) is 64.8 cm³/mol. The van der Waals surface area contributed by atoms with E-state index in [0.29, 0.717) is 0 Å². The molecule has 0 aromatic heterocycles. The SMILES string of the molecule is CC(CN)C1=CS(=O)(=O)c2cccc(C(F)(F)F)c21. The Morgan fingerprint density at radius 1 is 1.32 bits per heavy atom. The molecule has 0 amide bonds. The van der Waals surface area contributed by atoms with Gasteiger partial charge < -0.3 is 5.73 Å². The smallest absolute Gasteiger partial charge is 0.330 e. The van der Waals surface area contributed by atoms with E-state index in [9.17, 15) is 21.6 Å². The first-order chi connectivity index (χ1) is 8.68. The Labute approximate surface area is 108 Å². The van der Waals surface area contributed by atoms with Crippen LogP contribution in [0.3, 0.4) is 0 Å². The third kappa shape index (κ3) is 2.28. The molecule has 1 aliphatic rings. The van der Waals surface area contributed by atoms with E-state index in [2.05, 4.69) is 0 Å². The Bertz CT molecular complexity index is 647. The molecule has 19 heavy (non-hydrogen) atoms. The van der Waals surface area contributed by atoms with Gasteiger partial charge in [-0.25, -0.2) is 8.42 Å². The van der Waals surface area contributed by atoms with Gasteiger partial charge in [-0.15, -0.1) is 0 Å². The zero-order chi connectivity index (χ0) is 14.4. The fourth-order valence-corrected chi connectivity index (χ4v) is 3.67. The van der Waals surface area contributed by atoms with Crippen molar-refractivity contribution in [2.24, 2.45) is 11.7 Å². The molecule has 0 bridgehead atoms. The summed E-state index contributed by atoms with van der Waals surface area (Å²) < 4.78 is 62.7. The van der Waals surface area contributed by atoms with Crippen LogP contribution in [0.4, 0.5) is 13.2 Å². The fraction of sp³-hybridized carbons (Fsp3) is 0.333. The van der Waals surface area contributed by atoms with Gasteiger partial charge in [-0.3, -0.25) is 0 Å². The summed E-state index contributed by atoms with van der Waals surface area (Å²) >= 11 is 0. The van der Waals surface area contributed by atoms with E-state index in [1.54, 1.807) is 6.92 Å². The van der Waals surface area contributed by atoms with Crippen LogP contribution in [0, 0.1) is 5.92 Å². The molecule has 1 aromatic carbocycles. The van der Waals surface area contributed by atoms with Crippen LogP contribution in [0.15, 0.2) is 28.5 Å². The van der Waals surface area contributed by atoms with Crippen LogP contribution in [-0.4, -0.2) is 15.0 Å². The second-order valence-corrected chi connectivity index (χ2v) is 6.20. The Hall–Kier alpha value is -1.34. The van der Waals surface area contributed by atoms with Gasteiger partial charge >= 0.3 is 6.18 Å². The lowest BCUT2D eigenvalue weighted by atomic mass is 9.92. The molecule has 1 heterocycles. The molecule has 1 unspecified atom stereocenters. The second-order valence-electron chi connectivity index (χ2n) is 4.43. The molecule has 1 aromatic rings. The van der Waals surface area contributed by atoms with Gasteiger partial charge in [-0.05, 0) is 30.2 Å². The lowest BCUT2D eigenvalue weighted by Crippen LogP contribution is -2.15. The van der Waals surface area contributed by atoms with Crippen LogP contribution in [0.5, 0.6) is 0 Å². The van der Waals surface area contributed by atoms with E-state index in [-0.39, 0.29) is 22.6 Å². The van der Waals surface area contributed by atoms with Gasteiger partial charge in [0.2, 0.25) is 9.84 Å². The fourth-order valence-electron chi connectivity index (χ4n) is 2.08. The highest BCUT2D eigenvalue weighted by Gasteiger charge is 2.40. The molecule has 0 saturated heterocycles. The average Bonchev–Trinajstić information content (AvgIpc) is 2.59. The minimum absolute atomic E-state index is 0.0764. The molecule has 104 valence electrons. The highest BCUT2D eigenvalue weighted by Crippen LogP contribution is 2.44. The summed E-state index contributed by atoms with van der Waals surface area (Å²) in [5.41, 5.74) is 4.38. The summed E-state index contributed by atoms with van der Waals surface area (Å²) in [6.45, 7) is 1.68. The average molecular weight is 291 g/mol. The molecule has 2 N–H and O–H groups in total. The first-order valence-electron chi connectivity index (χ1n) is 5.56. The molecule has 0 spiro atoms. The van der Waals surface area contributed by atoms with Gasteiger partial charge in [0.25, 0.3) is 0 Å². The Kier molecular flexibility index (Phi) is 3.22. The summed E-state index contributed by atoms with van der Waals surface area (Å²) in [5.74, 6) is -0.459. The second kappa shape index (κ2) is 4.35. The molecule has 3 nitrogen and oxygen atoms in total. The van der Waals surface area contributed by atoms with Crippen molar-refractivity contribution in [3.63, 3.8) is 0 Å². The number of nitrogens with two attached hydrogens (primary N) is 1. The normalized spacial score (nSPS) is 18.9. The number of alkyl halides is 3. The number of sulfone groups is 1. The quantitative estimate of drug-likeness (QED) is 0.910. The third-order valence-corrected chi connectivity index (χ3v) is 4.61. The number of hydrogen-bond donors (Lipinski definition) is 1. The van der Waals surface area contributed by atoms with Crippen LogP contribution < -0.4 is 5.73 Å². The largest absolute Gasteiger partial charge is 0.417 e. The van der Waals surface area contributed by atoms with Crippen molar-refractivity contribution < 1.29 is 21.6 Å². The number of halogens is 3. The third-order valence-electron chi connectivity index (χ3n) is 3.09. The number of benzene rings is 1. The van der Waals surface area contributed by atoms with E-state index in [1.807, 2.05) is 0 Å². The molecule has 0 radical (unpaired) electrons. The zero-order valence-corrected chi connectivity index (χ0v) is 10.8. The van der Waals surface area contributed by atoms with Gasteiger partial charge in [-0.1, -0.05) is 13.0 Å². The first-order valence-corrected chi connectivity index (χ1v) is 7.10.